The Balaban J connectivity index is 2.08. The van der Waals surface area contributed by atoms with Gasteiger partial charge in [0.15, 0.2) is 0 Å². The Hall–Kier alpha value is -2.55. The van der Waals surface area contributed by atoms with E-state index in [2.05, 4.69) is 5.32 Å². The number of hydrogen-bond donors (Lipinski definition) is 3. The van der Waals surface area contributed by atoms with E-state index in [1.165, 1.54) is 0 Å². The molecule has 0 aliphatic carbocycles. The van der Waals surface area contributed by atoms with E-state index in [1.807, 2.05) is 32.9 Å². The van der Waals surface area contributed by atoms with Crippen molar-refractivity contribution in [2.45, 2.75) is 102 Å². The molecule has 0 aliphatic heterocycles. The van der Waals surface area contributed by atoms with Gasteiger partial charge in [-0.1, -0.05) is 32.1 Å². The average molecular weight is 510 g/mol. The highest BCUT2D eigenvalue weighted by Gasteiger charge is 2.20. The predicted octanol–water partition coefficient (Wildman–Crippen LogP) is 5.29. The molecule has 0 saturated carbocycles. The Labute approximate surface area is 212 Å². The van der Waals surface area contributed by atoms with Crippen molar-refractivity contribution in [3.8, 4) is 0 Å². The molecule has 0 unspecified atom stereocenters. The monoisotopic (exact) mass is 509 g/mol. The second-order valence-electron chi connectivity index (χ2n) is 9.49. The Morgan fingerprint density at radius 1 is 0.886 bits per heavy atom. The van der Waals surface area contributed by atoms with E-state index in [0.29, 0.717) is 12.0 Å². The van der Waals surface area contributed by atoms with Gasteiger partial charge >= 0.3 is 17.9 Å². The first-order chi connectivity index (χ1) is 16.5. The minimum atomic E-state index is -1.21. The van der Waals surface area contributed by atoms with Crippen LogP contribution in [0, 0.1) is 0 Å². The fraction of sp³-hybridized carbons (Fsp3) is 0.615. The quantitative estimate of drug-likeness (QED) is 0.147. The van der Waals surface area contributed by atoms with E-state index in [1.54, 1.807) is 23.9 Å². The number of ether oxygens (including phenoxy) is 1. The average Bonchev–Trinajstić information content (AvgIpc) is 2.76. The Morgan fingerprint density at radius 3 is 2.00 bits per heavy atom. The van der Waals surface area contributed by atoms with Crippen LogP contribution < -0.4 is 5.32 Å². The highest BCUT2D eigenvalue weighted by molar-refractivity contribution is 7.99. The molecular formula is C26H39NO7S. The topological polar surface area (TPSA) is 130 Å². The molecule has 0 saturated heterocycles. The van der Waals surface area contributed by atoms with E-state index >= 15 is 0 Å². The first-order valence-corrected chi connectivity index (χ1v) is 13.2. The van der Waals surface area contributed by atoms with Crippen molar-refractivity contribution in [1.29, 1.82) is 0 Å². The van der Waals surface area contributed by atoms with Gasteiger partial charge in [0.25, 0.3) is 0 Å². The summed E-state index contributed by atoms with van der Waals surface area (Å²) in [5, 5.41) is 20.1. The highest BCUT2D eigenvalue weighted by atomic mass is 32.2. The molecule has 35 heavy (non-hydrogen) atoms. The summed E-state index contributed by atoms with van der Waals surface area (Å²) < 4.78 is 5.37. The largest absolute Gasteiger partial charge is 0.481 e. The summed E-state index contributed by atoms with van der Waals surface area (Å²) in [6.45, 7) is 5.55. The lowest BCUT2D eigenvalue weighted by molar-refractivity contribution is -0.143. The summed E-state index contributed by atoms with van der Waals surface area (Å²) in [4.78, 5) is 46.8. The fourth-order valence-electron chi connectivity index (χ4n) is 3.28. The van der Waals surface area contributed by atoms with Gasteiger partial charge in [-0.25, -0.2) is 9.59 Å². The van der Waals surface area contributed by atoms with Crippen molar-refractivity contribution in [1.82, 2.24) is 5.32 Å². The zero-order valence-corrected chi connectivity index (χ0v) is 21.8. The summed E-state index contributed by atoms with van der Waals surface area (Å²) in [5.74, 6) is -1.94. The van der Waals surface area contributed by atoms with E-state index in [0.717, 1.165) is 49.2 Å². The van der Waals surface area contributed by atoms with Crippen molar-refractivity contribution >= 4 is 35.6 Å². The zero-order valence-electron chi connectivity index (χ0n) is 21.0. The molecule has 0 heterocycles. The number of benzene rings is 1. The number of amides is 1. The van der Waals surface area contributed by atoms with Crippen LogP contribution in [0.3, 0.4) is 0 Å². The number of carboxylic acids is 2. The first kappa shape index (κ1) is 30.5. The zero-order chi connectivity index (χ0) is 26.3. The summed E-state index contributed by atoms with van der Waals surface area (Å²) in [6.07, 6.45) is 6.90. The SMILES string of the molecule is CC(C)(C)OC(=O)c1ccc(SCCCCCCCCCC(=O)N[C@@H](CCC(=O)O)C(=O)O)cc1. The van der Waals surface area contributed by atoms with Crippen molar-refractivity contribution in [3.63, 3.8) is 0 Å². The molecule has 0 bridgehead atoms. The standard InChI is InChI=1S/C26H39NO7S/c1-26(2,3)34-25(33)19-12-14-20(15-13-19)35-18-10-8-6-4-5-7-9-11-22(28)27-21(24(31)32)16-17-23(29)30/h12-15,21H,4-11,16-18H2,1-3H3,(H,27,28)(H,29,30)(H,31,32)/t21-/m0/s1. The van der Waals surface area contributed by atoms with E-state index in [-0.39, 0.29) is 31.1 Å². The normalized spacial score (nSPS) is 12.1. The number of rotatable bonds is 17. The Bertz CT molecular complexity index is 818. The molecule has 0 radical (unpaired) electrons. The molecule has 1 atom stereocenters. The van der Waals surface area contributed by atoms with E-state index in [4.69, 9.17) is 14.9 Å². The minimum absolute atomic E-state index is 0.119. The fourth-order valence-corrected chi connectivity index (χ4v) is 4.19. The Morgan fingerprint density at radius 2 is 1.46 bits per heavy atom. The molecule has 8 nitrogen and oxygen atoms in total. The number of thioether (sulfide) groups is 1. The van der Waals surface area contributed by atoms with Crippen LogP contribution in [0.25, 0.3) is 0 Å². The van der Waals surface area contributed by atoms with Crippen molar-refractivity contribution in [2.24, 2.45) is 0 Å². The number of nitrogens with one attached hydrogen (secondary N) is 1. The van der Waals surface area contributed by atoms with Crippen LogP contribution in [0.2, 0.25) is 0 Å². The number of unbranched alkanes of at least 4 members (excludes halogenated alkanes) is 6. The van der Waals surface area contributed by atoms with Gasteiger partial charge in [0.05, 0.1) is 5.56 Å². The first-order valence-electron chi connectivity index (χ1n) is 12.2. The summed E-state index contributed by atoms with van der Waals surface area (Å²) in [5.41, 5.74) is 0.0524. The summed E-state index contributed by atoms with van der Waals surface area (Å²) in [7, 11) is 0. The molecule has 0 spiro atoms. The van der Waals surface area contributed by atoms with Gasteiger partial charge in [-0.15, -0.1) is 11.8 Å². The third-order valence-electron chi connectivity index (χ3n) is 5.09. The molecule has 9 heteroatoms. The number of carboxylic acid groups (broad SMARTS) is 2. The second kappa shape index (κ2) is 16.2. The van der Waals surface area contributed by atoms with E-state index in [9.17, 15) is 19.2 Å². The van der Waals surface area contributed by atoms with Gasteiger partial charge in [0.1, 0.15) is 11.6 Å². The number of aliphatic carboxylic acids is 2. The summed E-state index contributed by atoms with van der Waals surface area (Å²) in [6, 6.07) is 6.35. The van der Waals surface area contributed by atoms with Crippen molar-refractivity contribution < 1.29 is 34.1 Å². The van der Waals surface area contributed by atoms with Crippen molar-refractivity contribution in [3.05, 3.63) is 29.8 Å². The second-order valence-corrected chi connectivity index (χ2v) is 10.7. The van der Waals surface area contributed by atoms with Crippen LogP contribution >= 0.6 is 11.8 Å². The molecule has 196 valence electrons. The summed E-state index contributed by atoms with van der Waals surface area (Å²) >= 11 is 1.77. The predicted molar refractivity (Wildman–Crippen MR) is 136 cm³/mol. The number of esters is 1. The van der Waals surface area contributed by atoms with Crippen LogP contribution in [0.5, 0.6) is 0 Å². The van der Waals surface area contributed by atoms with Crippen LogP contribution in [0.15, 0.2) is 29.2 Å². The van der Waals surface area contributed by atoms with Crippen LogP contribution in [-0.4, -0.2) is 51.4 Å². The molecule has 0 fully saturated rings. The minimum Gasteiger partial charge on any atom is -0.481 e. The van der Waals surface area contributed by atoms with Gasteiger partial charge in [-0.2, -0.15) is 0 Å². The lowest BCUT2D eigenvalue weighted by Gasteiger charge is -2.19. The van der Waals surface area contributed by atoms with Gasteiger partial charge in [-0.05, 0) is 70.1 Å². The van der Waals surface area contributed by atoms with Gasteiger partial charge in [0, 0.05) is 17.7 Å². The van der Waals surface area contributed by atoms with Crippen LogP contribution in [0.4, 0.5) is 0 Å². The molecule has 1 aromatic carbocycles. The van der Waals surface area contributed by atoms with Crippen LogP contribution in [-0.2, 0) is 19.1 Å². The molecule has 1 aromatic rings. The lowest BCUT2D eigenvalue weighted by Crippen LogP contribution is -2.41. The van der Waals surface area contributed by atoms with Crippen LogP contribution in [0.1, 0.15) is 95.3 Å². The third kappa shape index (κ3) is 15.1. The maximum Gasteiger partial charge on any atom is 0.338 e. The number of carbonyl (C=O) groups excluding carboxylic acids is 2. The highest BCUT2D eigenvalue weighted by Crippen LogP contribution is 2.22. The number of hydrogen-bond acceptors (Lipinski definition) is 6. The Kier molecular flexibility index (Phi) is 14.1. The maximum absolute atomic E-state index is 12.1. The van der Waals surface area contributed by atoms with Gasteiger partial charge in [-0.3, -0.25) is 9.59 Å². The maximum atomic E-state index is 12.1. The lowest BCUT2D eigenvalue weighted by atomic mass is 10.1. The molecule has 0 aliphatic rings. The third-order valence-corrected chi connectivity index (χ3v) is 6.18. The molecule has 1 amide bonds. The smallest absolute Gasteiger partial charge is 0.338 e. The van der Waals surface area contributed by atoms with Crippen molar-refractivity contribution in [2.75, 3.05) is 5.75 Å². The number of carbonyl (C=O) groups is 4. The molecule has 3 N–H and O–H groups in total. The molecule has 0 aromatic heterocycles. The molecule has 1 rings (SSSR count). The molecular weight excluding hydrogens is 470 g/mol. The van der Waals surface area contributed by atoms with Gasteiger partial charge in [0.2, 0.25) is 5.91 Å². The van der Waals surface area contributed by atoms with E-state index < -0.39 is 23.6 Å². The van der Waals surface area contributed by atoms with Gasteiger partial charge < -0.3 is 20.3 Å².